The minimum Gasteiger partial charge on any atom is -0.508 e. The van der Waals surface area contributed by atoms with Gasteiger partial charge in [0.25, 0.3) is 0 Å². The van der Waals surface area contributed by atoms with Crippen LogP contribution in [0.25, 0.3) is 0 Å². The fraction of sp³-hybridized carbons (Fsp3) is 0.250. The fourth-order valence-electron chi connectivity index (χ4n) is 2.20. The van der Waals surface area contributed by atoms with E-state index in [0.29, 0.717) is 4.90 Å². The molecule has 0 saturated heterocycles. The predicted molar refractivity (Wildman–Crippen MR) is 82.7 cm³/mol. The summed E-state index contributed by atoms with van der Waals surface area (Å²) in [6.45, 7) is 3.99. The molecular formula is C16H19NO3S. The van der Waals surface area contributed by atoms with E-state index in [1.54, 1.807) is 50.4 Å². The van der Waals surface area contributed by atoms with Crippen LogP contribution in [0.15, 0.2) is 47.4 Å². The third kappa shape index (κ3) is 3.43. The minimum absolute atomic E-state index is 0.165. The maximum Gasteiger partial charge on any atom is 0.243 e. The summed E-state index contributed by atoms with van der Waals surface area (Å²) in [4.78, 5) is 0.328. The van der Waals surface area contributed by atoms with Gasteiger partial charge in [0.05, 0.1) is 4.90 Å². The first-order valence-corrected chi connectivity index (χ1v) is 8.06. The molecule has 0 heterocycles. The van der Waals surface area contributed by atoms with E-state index in [-0.39, 0.29) is 12.3 Å². The molecule has 0 saturated carbocycles. The van der Waals surface area contributed by atoms with Crippen LogP contribution >= 0.6 is 0 Å². The number of hydrogen-bond acceptors (Lipinski definition) is 3. The van der Waals surface area contributed by atoms with E-state index >= 15 is 0 Å². The molecule has 0 aliphatic carbocycles. The number of phenolic OH excluding ortho intramolecular Hbond substituents is 1. The number of aromatic hydroxyl groups is 1. The van der Waals surface area contributed by atoms with E-state index in [4.69, 9.17) is 0 Å². The van der Waals surface area contributed by atoms with Crippen LogP contribution in [0.3, 0.4) is 0 Å². The first-order chi connectivity index (χ1) is 9.80. The molecule has 0 fully saturated rings. The Balaban J connectivity index is 2.28. The van der Waals surface area contributed by atoms with Crippen LogP contribution in [0.2, 0.25) is 0 Å². The molecule has 0 radical (unpaired) electrons. The van der Waals surface area contributed by atoms with Gasteiger partial charge in [-0.15, -0.1) is 0 Å². The Kier molecular flexibility index (Phi) is 4.34. The normalized spacial score (nSPS) is 11.8. The summed E-state index contributed by atoms with van der Waals surface area (Å²) in [7, 11) is -1.97. The van der Waals surface area contributed by atoms with E-state index < -0.39 is 10.0 Å². The van der Waals surface area contributed by atoms with Gasteiger partial charge in [0.2, 0.25) is 10.0 Å². The third-order valence-corrected chi connectivity index (χ3v) is 5.32. The molecule has 0 aliphatic rings. The van der Waals surface area contributed by atoms with Gasteiger partial charge in [-0.1, -0.05) is 29.8 Å². The van der Waals surface area contributed by atoms with Gasteiger partial charge in [-0.2, -0.15) is 4.31 Å². The van der Waals surface area contributed by atoms with E-state index in [1.807, 2.05) is 13.0 Å². The molecule has 4 nitrogen and oxygen atoms in total. The van der Waals surface area contributed by atoms with Gasteiger partial charge in [-0.25, -0.2) is 8.42 Å². The highest BCUT2D eigenvalue weighted by molar-refractivity contribution is 7.89. The molecule has 2 aromatic carbocycles. The Morgan fingerprint density at radius 2 is 1.67 bits per heavy atom. The van der Waals surface area contributed by atoms with Gasteiger partial charge < -0.3 is 5.11 Å². The first kappa shape index (κ1) is 15.5. The van der Waals surface area contributed by atoms with Crippen LogP contribution in [0.4, 0.5) is 0 Å². The molecular weight excluding hydrogens is 286 g/mol. The lowest BCUT2D eigenvalue weighted by Gasteiger charge is -2.19. The van der Waals surface area contributed by atoms with Gasteiger partial charge >= 0.3 is 0 Å². The Hall–Kier alpha value is -1.85. The van der Waals surface area contributed by atoms with E-state index in [2.05, 4.69) is 0 Å². The summed E-state index contributed by atoms with van der Waals surface area (Å²) in [6, 6.07) is 11.8. The summed E-state index contributed by atoms with van der Waals surface area (Å²) in [5, 5.41) is 9.26. The average Bonchev–Trinajstić information content (AvgIpc) is 2.40. The number of rotatable bonds is 4. The molecule has 5 heteroatoms. The zero-order valence-electron chi connectivity index (χ0n) is 12.4. The van der Waals surface area contributed by atoms with E-state index in [1.165, 1.54) is 4.31 Å². The standard InChI is InChI=1S/C16H19NO3S/c1-12-4-9-16(13(2)10-12)21(19,20)17(3)11-14-5-7-15(18)8-6-14/h4-10,18H,11H2,1-3H3. The largest absolute Gasteiger partial charge is 0.508 e. The van der Waals surface area contributed by atoms with E-state index in [0.717, 1.165) is 16.7 Å². The second kappa shape index (κ2) is 5.87. The molecule has 0 unspecified atom stereocenters. The van der Waals surface area contributed by atoms with Crippen molar-refractivity contribution < 1.29 is 13.5 Å². The van der Waals surface area contributed by atoms with Crippen molar-refractivity contribution in [3.8, 4) is 5.75 Å². The number of benzene rings is 2. The summed E-state index contributed by atoms with van der Waals surface area (Å²) in [5.74, 6) is 0.165. The van der Waals surface area contributed by atoms with Crippen LogP contribution in [-0.4, -0.2) is 24.9 Å². The van der Waals surface area contributed by atoms with Crippen molar-refractivity contribution in [2.75, 3.05) is 7.05 Å². The van der Waals surface area contributed by atoms with E-state index in [9.17, 15) is 13.5 Å². The fourth-order valence-corrected chi connectivity index (χ4v) is 3.56. The third-order valence-electron chi connectivity index (χ3n) is 3.36. The molecule has 0 aliphatic heterocycles. The van der Waals surface area contributed by atoms with Crippen molar-refractivity contribution >= 4 is 10.0 Å². The zero-order valence-corrected chi connectivity index (χ0v) is 13.2. The molecule has 0 atom stereocenters. The second-order valence-electron chi connectivity index (χ2n) is 5.20. The summed E-state index contributed by atoms with van der Waals surface area (Å²) < 4.78 is 26.5. The highest BCUT2D eigenvalue weighted by Gasteiger charge is 2.22. The maximum atomic E-state index is 12.6. The van der Waals surface area contributed by atoms with Crippen LogP contribution in [0.1, 0.15) is 16.7 Å². The van der Waals surface area contributed by atoms with Crippen LogP contribution in [-0.2, 0) is 16.6 Å². The molecule has 1 N–H and O–H groups in total. The summed E-state index contributed by atoms with van der Waals surface area (Å²) in [5.41, 5.74) is 2.60. The second-order valence-corrected chi connectivity index (χ2v) is 7.21. The van der Waals surface area contributed by atoms with Gasteiger partial charge in [-0.05, 0) is 43.2 Å². The van der Waals surface area contributed by atoms with Crippen molar-refractivity contribution in [3.63, 3.8) is 0 Å². The lowest BCUT2D eigenvalue weighted by molar-refractivity contribution is 0.463. The molecule has 2 aromatic rings. The molecule has 0 amide bonds. The Bertz CT molecular complexity index is 737. The van der Waals surface area contributed by atoms with Crippen LogP contribution in [0.5, 0.6) is 5.75 Å². The minimum atomic E-state index is -3.52. The predicted octanol–water partition coefficient (Wildman–Crippen LogP) is 2.83. The van der Waals surface area contributed by atoms with Crippen molar-refractivity contribution in [1.82, 2.24) is 4.31 Å². The summed E-state index contributed by atoms with van der Waals surface area (Å²) >= 11 is 0. The lowest BCUT2D eigenvalue weighted by atomic mass is 10.2. The lowest BCUT2D eigenvalue weighted by Crippen LogP contribution is -2.27. The SMILES string of the molecule is Cc1ccc(S(=O)(=O)N(C)Cc2ccc(O)cc2)c(C)c1. The zero-order chi connectivity index (χ0) is 15.6. The average molecular weight is 305 g/mol. The van der Waals surface area contributed by atoms with Crippen molar-refractivity contribution in [3.05, 3.63) is 59.2 Å². The number of hydrogen-bond donors (Lipinski definition) is 1. The monoisotopic (exact) mass is 305 g/mol. The molecule has 112 valence electrons. The smallest absolute Gasteiger partial charge is 0.243 e. The van der Waals surface area contributed by atoms with Crippen LogP contribution in [0, 0.1) is 13.8 Å². The summed E-state index contributed by atoms with van der Waals surface area (Å²) in [6.07, 6.45) is 0. The van der Waals surface area contributed by atoms with Gasteiger partial charge in [0, 0.05) is 13.6 Å². The number of phenols is 1. The quantitative estimate of drug-likeness (QED) is 0.945. The highest BCUT2D eigenvalue weighted by atomic mass is 32.2. The Labute approximate surface area is 125 Å². The number of sulfonamides is 1. The Morgan fingerprint density at radius 3 is 2.24 bits per heavy atom. The molecule has 0 bridgehead atoms. The van der Waals surface area contributed by atoms with Gasteiger partial charge in [-0.3, -0.25) is 0 Å². The molecule has 2 rings (SSSR count). The topological polar surface area (TPSA) is 57.6 Å². The van der Waals surface area contributed by atoms with Crippen molar-refractivity contribution in [2.24, 2.45) is 0 Å². The first-order valence-electron chi connectivity index (χ1n) is 6.62. The molecule has 0 aromatic heterocycles. The Morgan fingerprint density at radius 1 is 1.05 bits per heavy atom. The van der Waals surface area contributed by atoms with Crippen molar-refractivity contribution in [1.29, 1.82) is 0 Å². The maximum absolute atomic E-state index is 12.6. The highest BCUT2D eigenvalue weighted by Crippen LogP contribution is 2.22. The van der Waals surface area contributed by atoms with Gasteiger partial charge in [0.15, 0.2) is 0 Å². The molecule has 21 heavy (non-hydrogen) atoms. The van der Waals surface area contributed by atoms with Crippen LogP contribution < -0.4 is 0 Å². The number of nitrogens with zero attached hydrogens (tertiary/aromatic N) is 1. The van der Waals surface area contributed by atoms with Crippen molar-refractivity contribution in [2.45, 2.75) is 25.3 Å². The number of aryl methyl sites for hydroxylation is 2. The van der Waals surface area contributed by atoms with Gasteiger partial charge in [0.1, 0.15) is 5.75 Å². The molecule has 0 spiro atoms.